The number of piperidine rings is 1. The fraction of sp³-hybridized carbons (Fsp3) is 0.667. The minimum Gasteiger partial charge on any atom is -0.494 e. The van der Waals surface area contributed by atoms with E-state index in [1.54, 1.807) is 0 Å². The van der Waals surface area contributed by atoms with Crippen LogP contribution in [0.15, 0.2) is 24.3 Å². The molecule has 5 nitrogen and oxygen atoms in total. The van der Waals surface area contributed by atoms with E-state index in [1.807, 2.05) is 29.2 Å². The highest BCUT2D eigenvalue weighted by atomic mass is 16.5. The number of aliphatic hydroxyl groups excluding tert-OH is 3. The highest BCUT2D eigenvalue weighted by Gasteiger charge is 2.32. The predicted octanol–water partition coefficient (Wildman–Crippen LogP) is 1.54. The van der Waals surface area contributed by atoms with Gasteiger partial charge in [0.25, 0.3) is 0 Å². The van der Waals surface area contributed by atoms with Crippen molar-refractivity contribution in [3.63, 3.8) is 0 Å². The van der Waals surface area contributed by atoms with Crippen molar-refractivity contribution >= 4 is 0 Å². The normalized spacial score (nSPS) is 25.5. The van der Waals surface area contributed by atoms with Crippen LogP contribution in [0.25, 0.3) is 0 Å². The van der Waals surface area contributed by atoms with Crippen molar-refractivity contribution in [2.75, 3.05) is 19.8 Å². The van der Waals surface area contributed by atoms with Crippen molar-refractivity contribution in [3.8, 4) is 5.75 Å². The molecule has 1 unspecified atom stereocenters. The zero-order chi connectivity index (χ0) is 16.7. The van der Waals surface area contributed by atoms with E-state index < -0.39 is 12.2 Å². The third kappa shape index (κ3) is 5.46. The molecular formula is C18H29NO4. The van der Waals surface area contributed by atoms with E-state index in [0.717, 1.165) is 24.3 Å². The molecule has 0 aromatic heterocycles. The van der Waals surface area contributed by atoms with Crippen LogP contribution in [-0.4, -0.2) is 58.2 Å². The van der Waals surface area contributed by atoms with E-state index in [2.05, 4.69) is 6.92 Å². The molecule has 0 aliphatic carbocycles. The summed E-state index contributed by atoms with van der Waals surface area (Å²) in [5, 5.41) is 29.0. The van der Waals surface area contributed by atoms with Crippen LogP contribution in [0.1, 0.15) is 38.2 Å². The molecule has 1 aliphatic heterocycles. The number of rotatable bonds is 8. The average Bonchev–Trinajstić information content (AvgIpc) is 2.56. The molecule has 130 valence electrons. The molecule has 0 saturated carbocycles. The van der Waals surface area contributed by atoms with Crippen molar-refractivity contribution < 1.29 is 20.1 Å². The molecule has 1 heterocycles. The number of hydrogen-bond donors (Lipinski definition) is 3. The first-order valence-electron chi connectivity index (χ1n) is 8.56. The first-order valence-corrected chi connectivity index (χ1v) is 8.56. The molecule has 5 heteroatoms. The summed E-state index contributed by atoms with van der Waals surface area (Å²) in [6, 6.07) is 7.84. The molecular weight excluding hydrogens is 294 g/mol. The number of β-amino-alcohol motifs (C(OH)–C–C–N with tert-alkyl or cyclic N) is 1. The largest absolute Gasteiger partial charge is 0.494 e. The minimum atomic E-state index is -0.751. The number of unbranched alkanes of at least 4 members (excludes halogenated alkanes) is 2. The van der Waals surface area contributed by atoms with E-state index in [1.165, 1.54) is 12.8 Å². The molecule has 1 saturated heterocycles. The van der Waals surface area contributed by atoms with Crippen molar-refractivity contribution in [3.05, 3.63) is 29.8 Å². The van der Waals surface area contributed by atoms with Gasteiger partial charge >= 0.3 is 0 Å². The second-order valence-corrected chi connectivity index (χ2v) is 6.34. The number of hydrogen-bond acceptors (Lipinski definition) is 5. The lowest BCUT2D eigenvalue weighted by molar-refractivity contribution is -0.0735. The molecule has 1 aliphatic rings. The minimum absolute atomic E-state index is 0.0115. The van der Waals surface area contributed by atoms with Gasteiger partial charge < -0.3 is 20.1 Å². The third-order valence-corrected chi connectivity index (χ3v) is 4.43. The van der Waals surface area contributed by atoms with Crippen molar-refractivity contribution in [1.29, 1.82) is 0 Å². The van der Waals surface area contributed by atoms with Gasteiger partial charge in [-0.2, -0.15) is 0 Å². The van der Waals surface area contributed by atoms with Gasteiger partial charge in [0, 0.05) is 19.1 Å². The summed E-state index contributed by atoms with van der Waals surface area (Å²) >= 11 is 0. The fourth-order valence-corrected chi connectivity index (χ4v) is 2.95. The standard InChI is InChI=1S/C18H29NO4/c1-2-3-4-9-23-16-7-5-14(6-8-16)11-19-12-18(22)17(21)10-15(19)13-20/h5-8,15,17-18,20-22H,2-4,9-13H2,1H3/t15-,17?,18+/m1/s1. The summed E-state index contributed by atoms with van der Waals surface area (Å²) in [6.07, 6.45) is 2.34. The Hall–Kier alpha value is -1.14. The van der Waals surface area contributed by atoms with Crippen molar-refractivity contribution in [2.45, 2.75) is 57.4 Å². The summed E-state index contributed by atoms with van der Waals surface area (Å²) < 4.78 is 5.70. The predicted molar refractivity (Wildman–Crippen MR) is 89.4 cm³/mol. The van der Waals surface area contributed by atoms with Crippen molar-refractivity contribution in [1.82, 2.24) is 4.90 Å². The second kappa shape index (κ2) is 9.23. The number of aliphatic hydroxyl groups is 3. The van der Waals surface area contributed by atoms with E-state index in [9.17, 15) is 15.3 Å². The SMILES string of the molecule is CCCCCOc1ccc(CN2C[C@H](O)C(O)C[C@@H]2CO)cc1. The molecule has 0 spiro atoms. The van der Waals surface area contributed by atoms with Crippen LogP contribution in [0.2, 0.25) is 0 Å². The Morgan fingerprint density at radius 2 is 1.87 bits per heavy atom. The first kappa shape index (κ1) is 18.2. The van der Waals surface area contributed by atoms with E-state index >= 15 is 0 Å². The lowest BCUT2D eigenvalue weighted by atomic mass is 9.97. The van der Waals surface area contributed by atoms with Gasteiger partial charge in [0.05, 0.1) is 25.4 Å². The van der Waals surface area contributed by atoms with Gasteiger partial charge in [0.1, 0.15) is 5.75 Å². The van der Waals surface area contributed by atoms with Gasteiger partial charge in [-0.15, -0.1) is 0 Å². The molecule has 1 fully saturated rings. The van der Waals surface area contributed by atoms with E-state index in [-0.39, 0.29) is 12.6 Å². The first-order chi connectivity index (χ1) is 11.1. The average molecular weight is 323 g/mol. The zero-order valence-corrected chi connectivity index (χ0v) is 13.9. The topological polar surface area (TPSA) is 73.2 Å². The summed E-state index contributed by atoms with van der Waals surface area (Å²) in [5.74, 6) is 0.873. The molecule has 0 amide bonds. The van der Waals surface area contributed by atoms with Crippen LogP contribution in [0.4, 0.5) is 0 Å². The smallest absolute Gasteiger partial charge is 0.119 e. The molecule has 0 radical (unpaired) electrons. The Morgan fingerprint density at radius 1 is 1.13 bits per heavy atom. The van der Waals surface area contributed by atoms with Gasteiger partial charge in [-0.25, -0.2) is 0 Å². The maximum Gasteiger partial charge on any atom is 0.119 e. The number of nitrogens with zero attached hydrogens (tertiary/aromatic N) is 1. The Kier molecular flexibility index (Phi) is 7.30. The summed E-state index contributed by atoms with van der Waals surface area (Å²) in [4.78, 5) is 2.02. The molecule has 23 heavy (non-hydrogen) atoms. The monoisotopic (exact) mass is 323 g/mol. The number of ether oxygens (including phenoxy) is 1. The Labute approximate surface area is 138 Å². The maximum absolute atomic E-state index is 9.83. The van der Waals surface area contributed by atoms with E-state index in [0.29, 0.717) is 19.5 Å². The van der Waals surface area contributed by atoms with Crippen LogP contribution in [0, 0.1) is 0 Å². The molecule has 1 aromatic rings. The van der Waals surface area contributed by atoms with Crippen LogP contribution in [-0.2, 0) is 6.54 Å². The maximum atomic E-state index is 9.83. The highest BCUT2D eigenvalue weighted by Crippen LogP contribution is 2.21. The van der Waals surface area contributed by atoms with Gasteiger partial charge in [-0.05, 0) is 30.5 Å². The van der Waals surface area contributed by atoms with Gasteiger partial charge in [-0.3, -0.25) is 4.90 Å². The Bertz CT molecular complexity index is 451. The van der Waals surface area contributed by atoms with Gasteiger partial charge in [0.2, 0.25) is 0 Å². The van der Waals surface area contributed by atoms with Crippen molar-refractivity contribution in [2.24, 2.45) is 0 Å². The quantitative estimate of drug-likeness (QED) is 0.633. The number of benzene rings is 1. The molecule has 3 atom stereocenters. The zero-order valence-electron chi connectivity index (χ0n) is 13.9. The Balaban J connectivity index is 1.87. The molecule has 2 rings (SSSR count). The highest BCUT2D eigenvalue weighted by molar-refractivity contribution is 5.27. The molecule has 1 aromatic carbocycles. The van der Waals surface area contributed by atoms with Crippen LogP contribution in [0.5, 0.6) is 5.75 Å². The Morgan fingerprint density at radius 3 is 2.52 bits per heavy atom. The summed E-state index contributed by atoms with van der Waals surface area (Å²) in [5.41, 5.74) is 1.10. The molecule has 0 bridgehead atoms. The third-order valence-electron chi connectivity index (χ3n) is 4.43. The van der Waals surface area contributed by atoms with Gasteiger partial charge in [-0.1, -0.05) is 31.9 Å². The molecule has 3 N–H and O–H groups in total. The van der Waals surface area contributed by atoms with Crippen LogP contribution in [0.3, 0.4) is 0 Å². The van der Waals surface area contributed by atoms with Crippen LogP contribution >= 0.6 is 0 Å². The second-order valence-electron chi connectivity index (χ2n) is 6.34. The number of likely N-dealkylation sites (tertiary alicyclic amines) is 1. The summed E-state index contributed by atoms with van der Waals surface area (Å²) in [7, 11) is 0. The lowest BCUT2D eigenvalue weighted by Gasteiger charge is -2.39. The fourth-order valence-electron chi connectivity index (χ4n) is 2.95. The lowest BCUT2D eigenvalue weighted by Crippen LogP contribution is -2.53. The van der Waals surface area contributed by atoms with Gasteiger partial charge in [0.15, 0.2) is 0 Å². The van der Waals surface area contributed by atoms with Crippen LogP contribution < -0.4 is 4.74 Å². The summed E-state index contributed by atoms with van der Waals surface area (Å²) in [6.45, 7) is 3.93. The van der Waals surface area contributed by atoms with E-state index in [4.69, 9.17) is 4.74 Å².